The quantitative estimate of drug-likeness (QED) is 0.204. The van der Waals surface area contributed by atoms with Gasteiger partial charge in [0.05, 0.1) is 23.9 Å². The maximum absolute atomic E-state index is 13.7. The number of H-pyrrole nitrogens is 1. The first-order valence-corrected chi connectivity index (χ1v) is 11.2. The number of anilines is 3. The molecule has 0 unspecified atom stereocenters. The molecule has 0 aliphatic carbocycles. The molecule has 1 aromatic heterocycles. The molecule has 0 fully saturated rings. The molecule has 0 saturated carbocycles. The largest absolute Gasteiger partial charge is 0.376 e. The zero-order valence-electron chi connectivity index (χ0n) is 19.5. The summed E-state index contributed by atoms with van der Waals surface area (Å²) in [4.78, 5) is 39.5. The molecule has 36 heavy (non-hydrogen) atoms. The maximum atomic E-state index is 13.7. The standard InChI is InChI=1S/C26H24F2N4O4/c1-14(2)36-12-23(30-16-7-9-20(27)21(28)11-16)26(35)31-15-6-8-18-19(10-15)17-4-3-5-22(29-13-33)24(17)32-25(18)34/h3-11,13-14,23,30H,12H2,1-2H3,(H,29,33)(H,31,35)(H,32,34)/t23-/m0/s1. The molecule has 3 aromatic carbocycles. The molecule has 10 heteroatoms. The highest BCUT2D eigenvalue weighted by atomic mass is 19.2. The number of hydrogen-bond donors (Lipinski definition) is 4. The summed E-state index contributed by atoms with van der Waals surface area (Å²) in [6.07, 6.45) is 0.354. The highest BCUT2D eigenvalue weighted by Crippen LogP contribution is 2.28. The van der Waals surface area contributed by atoms with E-state index in [1.54, 1.807) is 36.4 Å². The second-order valence-electron chi connectivity index (χ2n) is 8.40. The second-order valence-corrected chi connectivity index (χ2v) is 8.40. The van der Waals surface area contributed by atoms with Crippen molar-refractivity contribution < 1.29 is 23.1 Å². The first kappa shape index (κ1) is 24.8. The molecule has 0 saturated heterocycles. The van der Waals surface area contributed by atoms with E-state index in [1.807, 2.05) is 13.8 Å². The van der Waals surface area contributed by atoms with E-state index < -0.39 is 23.6 Å². The highest BCUT2D eigenvalue weighted by Gasteiger charge is 2.21. The number of carbonyl (C=O) groups excluding carboxylic acids is 2. The van der Waals surface area contributed by atoms with E-state index >= 15 is 0 Å². The normalized spacial score (nSPS) is 12.0. The molecule has 0 bridgehead atoms. The molecule has 0 aliphatic rings. The molecule has 4 aromatic rings. The van der Waals surface area contributed by atoms with Crippen LogP contribution in [0.3, 0.4) is 0 Å². The predicted octanol–water partition coefficient (Wildman–Crippen LogP) is 4.37. The fourth-order valence-corrected chi connectivity index (χ4v) is 3.81. The van der Waals surface area contributed by atoms with Gasteiger partial charge in [-0.25, -0.2) is 8.78 Å². The predicted molar refractivity (Wildman–Crippen MR) is 135 cm³/mol. The highest BCUT2D eigenvalue weighted by molar-refractivity contribution is 6.11. The summed E-state index contributed by atoms with van der Waals surface area (Å²) in [7, 11) is 0. The molecular formula is C26H24F2N4O4. The van der Waals surface area contributed by atoms with Crippen molar-refractivity contribution in [1.82, 2.24) is 4.98 Å². The van der Waals surface area contributed by atoms with Crippen molar-refractivity contribution in [2.24, 2.45) is 0 Å². The number of nitrogens with one attached hydrogen (secondary N) is 4. The molecule has 4 rings (SSSR count). The monoisotopic (exact) mass is 494 g/mol. The molecule has 1 atom stereocenters. The van der Waals surface area contributed by atoms with Crippen LogP contribution in [0, 0.1) is 11.6 Å². The lowest BCUT2D eigenvalue weighted by Gasteiger charge is -2.21. The van der Waals surface area contributed by atoms with Gasteiger partial charge in [0.2, 0.25) is 12.3 Å². The Morgan fingerprint density at radius 1 is 1.00 bits per heavy atom. The lowest BCUT2D eigenvalue weighted by atomic mass is 10.0. The van der Waals surface area contributed by atoms with Crippen molar-refractivity contribution >= 4 is 51.1 Å². The van der Waals surface area contributed by atoms with Crippen LogP contribution in [0.2, 0.25) is 0 Å². The summed E-state index contributed by atoms with van der Waals surface area (Å²) >= 11 is 0. The van der Waals surface area contributed by atoms with E-state index in [-0.39, 0.29) is 24.0 Å². The number of ether oxygens (including phenoxy) is 1. The fourth-order valence-electron chi connectivity index (χ4n) is 3.81. The van der Waals surface area contributed by atoms with Crippen LogP contribution in [0.15, 0.2) is 59.4 Å². The minimum absolute atomic E-state index is 0.0284. The number of halogens is 2. The van der Waals surface area contributed by atoms with Crippen LogP contribution < -0.4 is 21.5 Å². The number of rotatable bonds is 9. The van der Waals surface area contributed by atoms with Crippen LogP contribution in [0.4, 0.5) is 25.8 Å². The van der Waals surface area contributed by atoms with Gasteiger partial charge >= 0.3 is 0 Å². The van der Waals surface area contributed by atoms with Gasteiger partial charge in [-0.3, -0.25) is 14.4 Å². The number of amides is 2. The minimum Gasteiger partial charge on any atom is -0.376 e. The van der Waals surface area contributed by atoms with Crippen LogP contribution in [-0.2, 0) is 14.3 Å². The SMILES string of the molecule is CC(C)OC[C@H](Nc1ccc(F)c(F)c1)C(=O)Nc1ccc2c(=O)[nH]c3c(NC=O)cccc3c2c1. The van der Waals surface area contributed by atoms with Crippen LogP contribution in [0.25, 0.3) is 21.7 Å². The summed E-state index contributed by atoms with van der Waals surface area (Å²) in [6.45, 7) is 3.60. The summed E-state index contributed by atoms with van der Waals surface area (Å²) in [5, 5.41) is 9.89. The summed E-state index contributed by atoms with van der Waals surface area (Å²) in [6, 6.07) is 12.4. The molecule has 0 spiro atoms. The van der Waals surface area contributed by atoms with Crippen LogP contribution in [-0.4, -0.2) is 36.1 Å². The third kappa shape index (κ3) is 5.33. The smallest absolute Gasteiger partial charge is 0.256 e. The molecule has 1 heterocycles. The Hall–Kier alpha value is -4.31. The first-order chi connectivity index (χ1) is 17.3. The number of hydrogen-bond acceptors (Lipinski definition) is 5. The van der Waals surface area contributed by atoms with Gasteiger partial charge in [0.25, 0.3) is 5.56 Å². The Morgan fingerprint density at radius 3 is 2.50 bits per heavy atom. The van der Waals surface area contributed by atoms with Crippen molar-refractivity contribution in [3.05, 3.63) is 76.6 Å². The Kier molecular flexibility index (Phi) is 7.25. The molecule has 8 nitrogen and oxygen atoms in total. The number of aromatic nitrogens is 1. The van der Waals surface area contributed by atoms with Crippen molar-refractivity contribution in [2.75, 3.05) is 22.6 Å². The number of aromatic amines is 1. The lowest BCUT2D eigenvalue weighted by Crippen LogP contribution is -2.39. The topological polar surface area (TPSA) is 112 Å². The number of carbonyl (C=O) groups is 2. The van der Waals surface area contributed by atoms with Gasteiger partial charge < -0.3 is 25.7 Å². The Labute approximate surface area is 204 Å². The number of pyridine rings is 1. The van der Waals surface area contributed by atoms with Gasteiger partial charge in [-0.2, -0.15) is 0 Å². The molecule has 0 radical (unpaired) electrons. The number of fused-ring (bicyclic) bond motifs is 3. The Balaban J connectivity index is 1.67. The average Bonchev–Trinajstić information content (AvgIpc) is 2.84. The van der Waals surface area contributed by atoms with E-state index in [0.717, 1.165) is 12.1 Å². The van der Waals surface area contributed by atoms with E-state index in [2.05, 4.69) is 20.9 Å². The second kappa shape index (κ2) is 10.5. The van der Waals surface area contributed by atoms with Gasteiger partial charge in [0.1, 0.15) is 6.04 Å². The van der Waals surface area contributed by atoms with Crippen molar-refractivity contribution in [3.63, 3.8) is 0 Å². The summed E-state index contributed by atoms with van der Waals surface area (Å²) in [5.41, 5.74) is 1.17. The molecule has 4 N–H and O–H groups in total. The van der Waals surface area contributed by atoms with Gasteiger partial charge in [0, 0.05) is 28.2 Å². The third-order valence-electron chi connectivity index (χ3n) is 5.51. The van der Waals surface area contributed by atoms with Gasteiger partial charge in [-0.15, -0.1) is 0 Å². The molecular weight excluding hydrogens is 470 g/mol. The minimum atomic E-state index is -1.04. The average molecular weight is 494 g/mol. The Bertz CT molecular complexity index is 1500. The van der Waals surface area contributed by atoms with Crippen molar-refractivity contribution in [3.8, 4) is 0 Å². The van der Waals surface area contributed by atoms with Crippen molar-refractivity contribution in [2.45, 2.75) is 26.0 Å². The molecule has 0 aliphatic heterocycles. The van der Waals surface area contributed by atoms with Crippen LogP contribution in [0.1, 0.15) is 13.8 Å². The van der Waals surface area contributed by atoms with E-state index in [4.69, 9.17) is 4.74 Å². The zero-order chi connectivity index (χ0) is 25.8. The fraction of sp³-hybridized carbons (Fsp3) is 0.192. The summed E-state index contributed by atoms with van der Waals surface area (Å²) < 4.78 is 32.6. The van der Waals surface area contributed by atoms with Crippen molar-refractivity contribution in [1.29, 1.82) is 0 Å². The third-order valence-corrected chi connectivity index (χ3v) is 5.51. The Morgan fingerprint density at radius 2 is 1.78 bits per heavy atom. The van der Waals surface area contributed by atoms with E-state index in [9.17, 15) is 23.2 Å². The van der Waals surface area contributed by atoms with E-state index in [0.29, 0.717) is 39.5 Å². The maximum Gasteiger partial charge on any atom is 0.256 e. The van der Waals surface area contributed by atoms with Crippen LogP contribution >= 0.6 is 0 Å². The van der Waals surface area contributed by atoms with Gasteiger partial charge in [-0.1, -0.05) is 12.1 Å². The molecule has 2 amide bonds. The van der Waals surface area contributed by atoms with Crippen LogP contribution in [0.5, 0.6) is 0 Å². The molecule has 186 valence electrons. The zero-order valence-corrected chi connectivity index (χ0v) is 19.5. The van der Waals surface area contributed by atoms with Gasteiger partial charge in [0.15, 0.2) is 11.6 Å². The van der Waals surface area contributed by atoms with Gasteiger partial charge in [-0.05, 0) is 55.6 Å². The number of benzene rings is 3. The first-order valence-electron chi connectivity index (χ1n) is 11.2. The number of para-hydroxylation sites is 1. The van der Waals surface area contributed by atoms with E-state index in [1.165, 1.54) is 6.07 Å². The summed E-state index contributed by atoms with van der Waals surface area (Å²) in [5.74, 6) is -2.51. The lowest BCUT2D eigenvalue weighted by molar-refractivity contribution is -0.118.